The zero-order valence-corrected chi connectivity index (χ0v) is 12.1. The maximum Gasteiger partial charge on any atom is 0.416 e. The number of aliphatic carboxylic acids is 1. The normalized spacial score (nSPS) is 12.1. The van der Waals surface area contributed by atoms with Crippen LogP contribution in [0.3, 0.4) is 0 Å². The number of carboxylic acids is 1. The van der Waals surface area contributed by atoms with Gasteiger partial charge in [0.15, 0.2) is 0 Å². The van der Waals surface area contributed by atoms with Gasteiger partial charge in [-0.2, -0.15) is 13.2 Å². The second kappa shape index (κ2) is 6.56. The van der Waals surface area contributed by atoms with Crippen molar-refractivity contribution in [3.05, 3.63) is 65.2 Å². The summed E-state index contributed by atoms with van der Waals surface area (Å²) >= 11 is 0. The fourth-order valence-corrected chi connectivity index (χ4v) is 2.03. The van der Waals surface area contributed by atoms with Crippen molar-refractivity contribution < 1.29 is 27.8 Å². The van der Waals surface area contributed by atoms with Crippen LogP contribution >= 0.6 is 0 Å². The molecule has 6 heteroatoms. The van der Waals surface area contributed by atoms with Crippen LogP contribution in [0, 0.1) is 0 Å². The number of rotatable bonds is 4. The van der Waals surface area contributed by atoms with E-state index in [4.69, 9.17) is 4.74 Å². The highest BCUT2D eigenvalue weighted by Crippen LogP contribution is 2.30. The van der Waals surface area contributed by atoms with E-state index in [-0.39, 0.29) is 11.1 Å². The molecule has 0 heterocycles. The lowest BCUT2D eigenvalue weighted by atomic mass is 10.0. The zero-order valence-electron chi connectivity index (χ0n) is 12.1. The van der Waals surface area contributed by atoms with Gasteiger partial charge in [0, 0.05) is 0 Å². The molecule has 0 unspecified atom stereocenters. The van der Waals surface area contributed by atoms with Crippen LogP contribution in [0.25, 0.3) is 11.6 Å². The first-order valence-corrected chi connectivity index (χ1v) is 6.58. The molecule has 0 amide bonds. The van der Waals surface area contributed by atoms with E-state index in [0.29, 0.717) is 11.3 Å². The Morgan fingerprint density at radius 2 is 1.83 bits per heavy atom. The molecule has 23 heavy (non-hydrogen) atoms. The van der Waals surface area contributed by atoms with Gasteiger partial charge in [-0.05, 0) is 41.5 Å². The minimum absolute atomic E-state index is 0.122. The Labute approximate surface area is 130 Å². The summed E-state index contributed by atoms with van der Waals surface area (Å²) in [6.07, 6.45) is -3.28. The number of carboxylic acid groups (broad SMARTS) is 1. The van der Waals surface area contributed by atoms with Gasteiger partial charge in [0.25, 0.3) is 0 Å². The van der Waals surface area contributed by atoms with Gasteiger partial charge in [0.05, 0.1) is 18.2 Å². The predicted octanol–water partition coefficient (Wildman–Crippen LogP) is 4.34. The number of alkyl halides is 3. The molecule has 2 aromatic rings. The fraction of sp³-hybridized carbons (Fsp3) is 0.118. The van der Waals surface area contributed by atoms with Crippen molar-refractivity contribution in [3.8, 4) is 5.75 Å². The summed E-state index contributed by atoms with van der Waals surface area (Å²) in [4.78, 5) is 11.5. The predicted molar refractivity (Wildman–Crippen MR) is 79.9 cm³/mol. The van der Waals surface area contributed by atoms with Crippen LogP contribution in [0.1, 0.15) is 16.7 Å². The van der Waals surface area contributed by atoms with E-state index >= 15 is 0 Å². The lowest BCUT2D eigenvalue weighted by Crippen LogP contribution is -2.05. The topological polar surface area (TPSA) is 46.5 Å². The van der Waals surface area contributed by atoms with Crippen LogP contribution in [-0.2, 0) is 11.0 Å². The molecule has 0 fully saturated rings. The molecule has 3 nitrogen and oxygen atoms in total. The SMILES string of the molecule is COc1cccc(/C(=C/c2cccc(C(F)(F)F)c2)C(=O)O)c1. The van der Waals surface area contributed by atoms with Crippen LogP contribution in [-0.4, -0.2) is 18.2 Å². The number of ether oxygens (including phenoxy) is 1. The summed E-state index contributed by atoms with van der Waals surface area (Å²) in [5.74, 6) is -0.783. The van der Waals surface area contributed by atoms with Crippen LogP contribution in [0.4, 0.5) is 13.2 Å². The van der Waals surface area contributed by atoms with Gasteiger partial charge in [-0.25, -0.2) is 4.79 Å². The van der Waals surface area contributed by atoms with E-state index in [1.165, 1.54) is 31.4 Å². The van der Waals surface area contributed by atoms with E-state index in [0.717, 1.165) is 12.1 Å². The molecule has 2 aromatic carbocycles. The van der Waals surface area contributed by atoms with Gasteiger partial charge in [0.2, 0.25) is 0 Å². The number of methoxy groups -OCH3 is 1. The number of hydrogen-bond donors (Lipinski definition) is 1. The average Bonchev–Trinajstić information content (AvgIpc) is 2.52. The first kappa shape index (κ1) is 16.6. The second-order valence-electron chi connectivity index (χ2n) is 4.72. The lowest BCUT2D eigenvalue weighted by Gasteiger charge is -2.08. The molecule has 0 atom stereocenters. The third kappa shape index (κ3) is 4.12. The van der Waals surface area contributed by atoms with Crippen molar-refractivity contribution in [2.45, 2.75) is 6.18 Å². The van der Waals surface area contributed by atoms with Crippen LogP contribution in [0.5, 0.6) is 5.75 Å². The molecule has 0 spiro atoms. The van der Waals surface area contributed by atoms with Crippen molar-refractivity contribution >= 4 is 17.6 Å². The maximum atomic E-state index is 12.7. The number of benzene rings is 2. The summed E-state index contributed by atoms with van der Waals surface area (Å²) in [5, 5.41) is 9.35. The molecule has 2 rings (SSSR count). The molecule has 1 N–H and O–H groups in total. The van der Waals surface area contributed by atoms with Crippen molar-refractivity contribution in [2.75, 3.05) is 7.11 Å². The van der Waals surface area contributed by atoms with E-state index in [9.17, 15) is 23.1 Å². The molecule has 0 aliphatic rings. The third-order valence-electron chi connectivity index (χ3n) is 3.14. The number of hydrogen-bond acceptors (Lipinski definition) is 2. The van der Waals surface area contributed by atoms with E-state index < -0.39 is 17.7 Å². The first-order chi connectivity index (χ1) is 10.8. The fourth-order valence-electron chi connectivity index (χ4n) is 2.03. The molecule has 0 aromatic heterocycles. The summed E-state index contributed by atoms with van der Waals surface area (Å²) in [5.41, 5.74) is -0.459. The van der Waals surface area contributed by atoms with Crippen molar-refractivity contribution in [2.24, 2.45) is 0 Å². The summed E-state index contributed by atoms with van der Waals surface area (Å²) < 4.78 is 43.2. The van der Waals surface area contributed by atoms with Crippen molar-refractivity contribution in [1.29, 1.82) is 0 Å². The van der Waals surface area contributed by atoms with Crippen molar-refractivity contribution in [3.63, 3.8) is 0 Å². The Morgan fingerprint density at radius 3 is 2.43 bits per heavy atom. The van der Waals surface area contributed by atoms with Gasteiger partial charge in [-0.15, -0.1) is 0 Å². The summed E-state index contributed by atoms with van der Waals surface area (Å²) in [6.45, 7) is 0. The molecule has 0 saturated heterocycles. The summed E-state index contributed by atoms with van der Waals surface area (Å²) in [6, 6.07) is 10.8. The van der Waals surface area contributed by atoms with Gasteiger partial charge >= 0.3 is 12.1 Å². The van der Waals surface area contributed by atoms with Gasteiger partial charge < -0.3 is 9.84 Å². The number of halogens is 3. The monoisotopic (exact) mass is 322 g/mol. The lowest BCUT2D eigenvalue weighted by molar-refractivity contribution is -0.137. The molecular formula is C17H13F3O3. The molecule has 0 bridgehead atoms. The Bertz CT molecular complexity index is 749. The average molecular weight is 322 g/mol. The zero-order chi connectivity index (χ0) is 17.0. The van der Waals surface area contributed by atoms with Gasteiger partial charge in [-0.1, -0.05) is 24.3 Å². The Morgan fingerprint density at radius 1 is 1.13 bits per heavy atom. The van der Waals surface area contributed by atoms with Crippen LogP contribution < -0.4 is 4.74 Å². The highest BCUT2D eigenvalue weighted by molar-refractivity contribution is 6.20. The Kier molecular flexibility index (Phi) is 4.74. The largest absolute Gasteiger partial charge is 0.497 e. The highest BCUT2D eigenvalue weighted by Gasteiger charge is 2.30. The van der Waals surface area contributed by atoms with E-state index in [1.54, 1.807) is 18.2 Å². The molecule has 0 saturated carbocycles. The van der Waals surface area contributed by atoms with Gasteiger partial charge in [0.1, 0.15) is 5.75 Å². The molecule has 120 valence electrons. The standard InChI is InChI=1S/C17H13F3O3/c1-23-14-7-3-5-12(10-14)15(16(21)22)9-11-4-2-6-13(8-11)17(18,19)20/h2-10H,1H3,(H,21,22)/b15-9-. The van der Waals surface area contributed by atoms with Crippen LogP contribution in [0.2, 0.25) is 0 Å². The molecule has 0 aliphatic heterocycles. The quantitative estimate of drug-likeness (QED) is 0.673. The first-order valence-electron chi connectivity index (χ1n) is 6.58. The van der Waals surface area contributed by atoms with Gasteiger partial charge in [-0.3, -0.25) is 0 Å². The Hall–Kier alpha value is -2.76. The Balaban J connectivity index is 2.49. The van der Waals surface area contributed by atoms with Crippen molar-refractivity contribution in [1.82, 2.24) is 0 Å². The minimum atomic E-state index is -4.48. The molecule has 0 aliphatic carbocycles. The third-order valence-corrected chi connectivity index (χ3v) is 3.14. The smallest absolute Gasteiger partial charge is 0.416 e. The maximum absolute atomic E-state index is 12.7. The summed E-state index contributed by atoms with van der Waals surface area (Å²) in [7, 11) is 1.44. The molecular weight excluding hydrogens is 309 g/mol. The van der Waals surface area contributed by atoms with E-state index in [1.807, 2.05) is 0 Å². The van der Waals surface area contributed by atoms with E-state index in [2.05, 4.69) is 0 Å². The second-order valence-corrected chi connectivity index (χ2v) is 4.72. The number of carbonyl (C=O) groups is 1. The molecule has 0 radical (unpaired) electrons. The highest BCUT2D eigenvalue weighted by atomic mass is 19.4. The van der Waals surface area contributed by atoms with Crippen LogP contribution in [0.15, 0.2) is 48.5 Å². The minimum Gasteiger partial charge on any atom is -0.497 e.